The van der Waals surface area contributed by atoms with Crippen LogP contribution in [0.25, 0.3) is 0 Å². The second-order valence-electron chi connectivity index (χ2n) is 9.87. The van der Waals surface area contributed by atoms with E-state index in [9.17, 15) is 14.7 Å². The highest BCUT2D eigenvalue weighted by Crippen LogP contribution is 2.22. The van der Waals surface area contributed by atoms with Crippen molar-refractivity contribution < 1.29 is 0 Å². The van der Waals surface area contributed by atoms with Gasteiger partial charge in [0, 0.05) is 13.6 Å². The smallest absolute Gasteiger partial charge is 0.0736 e. The Bertz CT molecular complexity index is 875. The highest BCUT2D eigenvalue weighted by Gasteiger charge is 2.28. The molecular weight excluding hydrogens is 432 g/mol. The van der Waals surface area contributed by atoms with Gasteiger partial charge in [-0.1, -0.05) is 81.4 Å². The maximum Gasteiger partial charge on any atom is 0.0736 e. The average molecular weight is 469 g/mol. The third-order valence-electron chi connectivity index (χ3n) is 5.78. The van der Waals surface area contributed by atoms with Crippen LogP contribution in [0.3, 0.4) is 0 Å². The van der Waals surface area contributed by atoms with Crippen molar-refractivity contribution in [2.45, 2.75) is 52.1 Å². The summed E-state index contributed by atoms with van der Waals surface area (Å²) in [5.74, 6) is 0. The van der Waals surface area contributed by atoms with E-state index in [4.69, 9.17) is 0 Å². The van der Waals surface area contributed by atoms with Crippen molar-refractivity contribution >= 4 is 0 Å². The summed E-state index contributed by atoms with van der Waals surface area (Å²) in [4.78, 5) is 35.0. The van der Waals surface area contributed by atoms with Gasteiger partial charge in [0.05, 0.1) is 41.0 Å². The minimum atomic E-state index is -0.406. The molecule has 0 heterocycles. The monoisotopic (exact) mass is 468 g/mol. The zero-order valence-electron chi connectivity index (χ0n) is 20.6. The predicted octanol–water partition coefficient (Wildman–Crippen LogP) is 5.23. The Morgan fingerprint density at radius 2 is 1.18 bits per heavy atom. The van der Waals surface area contributed by atoms with E-state index in [2.05, 4.69) is 36.6 Å². The summed E-state index contributed by atoms with van der Waals surface area (Å²) in [6.07, 6.45) is 1.80. The molecule has 0 unspecified atom stereocenters. The van der Waals surface area contributed by atoms with Crippen LogP contribution in [-0.2, 0) is 12.8 Å². The molecule has 184 valence electrons. The van der Waals surface area contributed by atoms with Gasteiger partial charge in [0.1, 0.15) is 0 Å². The number of hydrogen-bond donors (Lipinski definition) is 0. The van der Waals surface area contributed by atoms with E-state index >= 15 is 0 Å². The molecule has 2 rings (SSSR count). The highest BCUT2D eigenvalue weighted by atomic mass is 16.3. The molecule has 9 heteroatoms. The molecule has 0 aromatic heterocycles. The fraction of sp³-hybridized carbons (Fsp3) is 0.520. The molecule has 0 saturated heterocycles. The van der Waals surface area contributed by atoms with Crippen molar-refractivity contribution in [2.75, 3.05) is 26.7 Å². The molecule has 0 amide bonds. The number of rotatable bonds is 15. The van der Waals surface area contributed by atoms with Crippen LogP contribution in [0.15, 0.2) is 76.5 Å². The molecule has 34 heavy (non-hydrogen) atoms. The van der Waals surface area contributed by atoms with Crippen LogP contribution < -0.4 is 0 Å². The Balaban J connectivity index is 2.30. The van der Waals surface area contributed by atoms with Gasteiger partial charge in [-0.2, -0.15) is 0 Å². The molecule has 9 nitrogen and oxygen atoms in total. The van der Waals surface area contributed by atoms with Crippen LogP contribution in [-0.4, -0.2) is 53.8 Å². The number of hydrogen-bond acceptors (Lipinski definition) is 6. The average Bonchev–Trinajstić information content (AvgIpc) is 2.82. The first-order valence-electron chi connectivity index (χ1n) is 11.6. The molecule has 0 aliphatic heterocycles. The third-order valence-corrected chi connectivity index (χ3v) is 5.78. The van der Waals surface area contributed by atoms with Gasteiger partial charge in [-0.25, -0.2) is 0 Å². The van der Waals surface area contributed by atoms with Gasteiger partial charge >= 0.3 is 0 Å². The van der Waals surface area contributed by atoms with Crippen molar-refractivity contribution in [3.05, 3.63) is 86.5 Å². The Labute approximate surface area is 202 Å². The van der Waals surface area contributed by atoms with E-state index in [-0.39, 0.29) is 24.5 Å². The normalized spacial score (nSPS) is 12.9. The Hall–Kier alpha value is -3.36. The summed E-state index contributed by atoms with van der Waals surface area (Å²) in [6, 6.07) is 18.7. The summed E-state index contributed by atoms with van der Waals surface area (Å²) in [5, 5.41) is 13.8. The first-order valence-corrected chi connectivity index (χ1v) is 11.6. The number of nitroso groups, excluding NO2 is 3. The van der Waals surface area contributed by atoms with Gasteiger partial charge in [-0.3, -0.25) is 15.0 Å². The minimum absolute atomic E-state index is 0.0248. The van der Waals surface area contributed by atoms with Crippen molar-refractivity contribution in [1.29, 1.82) is 0 Å². The minimum Gasteiger partial charge on any atom is -0.262 e. The molecule has 0 radical (unpaired) electrons. The maximum absolute atomic E-state index is 12.0. The van der Waals surface area contributed by atoms with Gasteiger partial charge in [-0.05, 0) is 35.8 Å². The quantitative estimate of drug-likeness (QED) is 0.262. The molecule has 2 atom stereocenters. The van der Waals surface area contributed by atoms with Crippen LogP contribution in [0.2, 0.25) is 0 Å². The first-order chi connectivity index (χ1) is 16.3. The van der Waals surface area contributed by atoms with Crippen molar-refractivity contribution in [2.24, 2.45) is 21.3 Å². The molecule has 2 aromatic carbocycles. The maximum atomic E-state index is 12.0. The van der Waals surface area contributed by atoms with Gasteiger partial charge in [0.25, 0.3) is 0 Å². The van der Waals surface area contributed by atoms with Crippen LogP contribution >= 0.6 is 0 Å². The summed E-state index contributed by atoms with van der Waals surface area (Å²) >= 11 is 0. The van der Waals surface area contributed by atoms with E-state index < -0.39 is 6.04 Å². The lowest BCUT2D eigenvalue weighted by Crippen LogP contribution is -2.48. The molecule has 0 saturated carbocycles. The summed E-state index contributed by atoms with van der Waals surface area (Å²) in [7, 11) is 1.57. The van der Waals surface area contributed by atoms with Crippen molar-refractivity contribution in [3.63, 3.8) is 0 Å². The van der Waals surface area contributed by atoms with E-state index in [1.54, 1.807) is 7.05 Å². The molecular formula is C25H36N6O3. The predicted molar refractivity (Wildman–Crippen MR) is 135 cm³/mol. The molecule has 0 aliphatic carbocycles. The van der Waals surface area contributed by atoms with Gasteiger partial charge in [-0.15, -0.1) is 14.7 Å². The molecule has 0 fully saturated rings. The Kier molecular flexibility index (Phi) is 10.6. The summed E-state index contributed by atoms with van der Waals surface area (Å²) in [5.41, 5.74) is 2.07. The highest BCUT2D eigenvalue weighted by molar-refractivity contribution is 5.17. The zero-order chi connectivity index (χ0) is 25.0. The van der Waals surface area contributed by atoms with Gasteiger partial charge in [0.15, 0.2) is 0 Å². The molecule has 0 N–H and O–H groups in total. The molecule has 2 aromatic rings. The van der Waals surface area contributed by atoms with E-state index in [1.807, 2.05) is 60.7 Å². The van der Waals surface area contributed by atoms with Gasteiger partial charge in [0.2, 0.25) is 0 Å². The summed E-state index contributed by atoms with van der Waals surface area (Å²) in [6.45, 7) is 7.21. The Morgan fingerprint density at radius 1 is 0.706 bits per heavy atom. The third kappa shape index (κ3) is 9.25. The number of likely N-dealkylation sites (N-methyl/N-ethyl adjacent to an activating group) is 1. The SMILES string of the molecule is CN(C[C@H](Cc1ccccc1)N(C[C@H](Cc1ccccc1)N(CCC(C)(C)C)N=O)N=O)N=O. The van der Waals surface area contributed by atoms with Crippen LogP contribution in [0, 0.1) is 20.1 Å². The number of benzene rings is 2. The summed E-state index contributed by atoms with van der Waals surface area (Å²) < 4.78 is 0. The fourth-order valence-corrected chi connectivity index (χ4v) is 3.84. The fourth-order valence-electron chi connectivity index (χ4n) is 3.84. The molecule has 0 aliphatic rings. The lowest BCUT2D eigenvalue weighted by Gasteiger charge is -2.35. The zero-order valence-corrected chi connectivity index (χ0v) is 20.6. The Morgan fingerprint density at radius 3 is 1.59 bits per heavy atom. The second-order valence-corrected chi connectivity index (χ2v) is 9.87. The van der Waals surface area contributed by atoms with Crippen LogP contribution in [0.4, 0.5) is 0 Å². The second kappa shape index (κ2) is 13.4. The molecule has 0 bridgehead atoms. The van der Waals surface area contributed by atoms with Crippen LogP contribution in [0.1, 0.15) is 38.3 Å². The topological polar surface area (TPSA) is 98.0 Å². The van der Waals surface area contributed by atoms with Crippen LogP contribution in [0.5, 0.6) is 0 Å². The van der Waals surface area contributed by atoms with Crippen molar-refractivity contribution in [3.8, 4) is 0 Å². The van der Waals surface area contributed by atoms with E-state index in [0.29, 0.717) is 19.4 Å². The number of nitrogens with zero attached hydrogens (tertiary/aromatic N) is 6. The van der Waals surface area contributed by atoms with E-state index in [1.165, 1.54) is 15.0 Å². The molecule has 0 spiro atoms. The lowest BCUT2D eigenvalue weighted by atomic mass is 9.92. The van der Waals surface area contributed by atoms with Crippen molar-refractivity contribution in [1.82, 2.24) is 15.0 Å². The lowest BCUT2D eigenvalue weighted by molar-refractivity contribution is 0.0880. The van der Waals surface area contributed by atoms with Gasteiger partial charge < -0.3 is 0 Å². The standard InChI is InChI=1S/C25H36N6O3/c1-25(2,3)15-16-30(27-33)24(18-22-13-9-6-10-14-22)20-31(28-34)23(19-29(4)26-32)17-21-11-7-5-8-12-21/h5-14,23-24H,15-20H2,1-4H3/t23-,24-/m0/s1. The van der Waals surface area contributed by atoms with E-state index in [0.717, 1.165) is 17.5 Å². The largest absolute Gasteiger partial charge is 0.262 e. The first kappa shape index (κ1) is 26.9.